The highest BCUT2D eigenvalue weighted by atomic mass is 79.9. The number of hydrogen-bond donors (Lipinski definition) is 1. The molecule has 3 nitrogen and oxygen atoms in total. The number of carbonyl (C=O) groups is 1. The van der Waals surface area contributed by atoms with Crippen LogP contribution in [-0.4, -0.2) is 10.9 Å². The van der Waals surface area contributed by atoms with Gasteiger partial charge in [-0.15, -0.1) is 0 Å². The van der Waals surface area contributed by atoms with Crippen LogP contribution in [0, 0.1) is 0 Å². The highest BCUT2D eigenvalue weighted by molar-refractivity contribution is 9.10. The second-order valence-corrected chi connectivity index (χ2v) is 5.69. The van der Waals surface area contributed by atoms with Crippen molar-refractivity contribution < 1.29 is 4.79 Å². The van der Waals surface area contributed by atoms with Crippen molar-refractivity contribution in [2.24, 2.45) is 0 Å². The van der Waals surface area contributed by atoms with Gasteiger partial charge in [0.05, 0.1) is 0 Å². The lowest BCUT2D eigenvalue weighted by atomic mass is 10.1. The van der Waals surface area contributed by atoms with E-state index in [0.717, 1.165) is 17.3 Å². The number of amides is 1. The van der Waals surface area contributed by atoms with E-state index in [9.17, 15) is 4.79 Å². The van der Waals surface area contributed by atoms with Gasteiger partial charge in [0.25, 0.3) is 0 Å². The predicted octanol–water partition coefficient (Wildman–Crippen LogP) is 4.92. The molecule has 0 saturated carbocycles. The van der Waals surface area contributed by atoms with Crippen LogP contribution in [0.25, 0.3) is 0 Å². The Hall–Kier alpha value is -0.900. The van der Waals surface area contributed by atoms with E-state index < -0.39 is 0 Å². The molecule has 0 fully saturated rings. The molecule has 0 spiro atoms. The fraction of sp³-hybridized carbons (Fsp3) is 0.600. The van der Waals surface area contributed by atoms with E-state index >= 15 is 0 Å². The molecular weight excluding hydrogens is 304 g/mol. The van der Waals surface area contributed by atoms with Crippen molar-refractivity contribution in [1.29, 1.82) is 0 Å². The average Bonchev–Trinajstić information content (AvgIpc) is 2.37. The van der Waals surface area contributed by atoms with Gasteiger partial charge in [-0.05, 0) is 18.6 Å². The number of pyridine rings is 1. The fourth-order valence-electron chi connectivity index (χ4n) is 1.92. The van der Waals surface area contributed by atoms with Crippen molar-refractivity contribution >= 4 is 27.7 Å². The van der Waals surface area contributed by atoms with Gasteiger partial charge in [0.2, 0.25) is 5.91 Å². The minimum absolute atomic E-state index is 0.0548. The van der Waals surface area contributed by atoms with Gasteiger partial charge in [-0.2, -0.15) is 0 Å². The molecule has 106 valence electrons. The number of hydrogen-bond acceptors (Lipinski definition) is 2. The van der Waals surface area contributed by atoms with Crippen molar-refractivity contribution in [1.82, 2.24) is 4.98 Å². The molecule has 1 aromatic heterocycles. The van der Waals surface area contributed by atoms with Crippen LogP contribution in [0.3, 0.4) is 0 Å². The Morgan fingerprint density at radius 3 is 2.58 bits per heavy atom. The summed E-state index contributed by atoms with van der Waals surface area (Å²) in [6.45, 7) is 2.22. The van der Waals surface area contributed by atoms with Crippen LogP contribution in [0.2, 0.25) is 0 Å². The molecule has 4 heteroatoms. The molecule has 0 aliphatic carbocycles. The van der Waals surface area contributed by atoms with Gasteiger partial charge in [-0.3, -0.25) is 4.79 Å². The van der Waals surface area contributed by atoms with Gasteiger partial charge in [-0.1, -0.05) is 61.4 Å². The third kappa shape index (κ3) is 7.98. The molecule has 0 atom stereocenters. The molecule has 1 aromatic rings. The summed E-state index contributed by atoms with van der Waals surface area (Å²) >= 11 is 3.35. The lowest BCUT2D eigenvalue weighted by molar-refractivity contribution is -0.116. The second-order valence-electron chi connectivity index (χ2n) is 4.78. The standard InChI is InChI=1S/C15H23BrN2O/c1-2-3-4-5-6-7-8-9-15(19)18-14-12-13(16)10-11-17-14/h10-12H,2-9H2,1H3,(H,17,18,19). The van der Waals surface area contributed by atoms with Gasteiger partial charge in [0, 0.05) is 17.1 Å². The first-order valence-corrected chi connectivity index (χ1v) is 7.93. The molecule has 0 aliphatic heterocycles. The molecule has 0 saturated heterocycles. The lowest BCUT2D eigenvalue weighted by Gasteiger charge is -2.04. The van der Waals surface area contributed by atoms with Crippen LogP contribution >= 0.6 is 15.9 Å². The molecule has 1 rings (SSSR count). The first-order chi connectivity index (χ1) is 9.22. The number of halogens is 1. The zero-order chi connectivity index (χ0) is 13.9. The number of aromatic nitrogens is 1. The summed E-state index contributed by atoms with van der Waals surface area (Å²) in [5, 5.41) is 2.81. The Labute approximate surface area is 124 Å². The minimum Gasteiger partial charge on any atom is -0.311 e. The van der Waals surface area contributed by atoms with Crippen LogP contribution in [0.15, 0.2) is 22.8 Å². The molecule has 0 aliphatic rings. The SMILES string of the molecule is CCCCCCCCCC(=O)Nc1cc(Br)ccn1. The van der Waals surface area contributed by atoms with E-state index in [1.165, 1.54) is 32.1 Å². The Kier molecular flexibility index (Phi) is 8.47. The van der Waals surface area contributed by atoms with Gasteiger partial charge in [0.1, 0.15) is 5.82 Å². The smallest absolute Gasteiger partial charge is 0.225 e. The zero-order valence-electron chi connectivity index (χ0n) is 11.6. The highest BCUT2D eigenvalue weighted by Gasteiger charge is 2.03. The van der Waals surface area contributed by atoms with Crippen molar-refractivity contribution in [2.75, 3.05) is 5.32 Å². The minimum atomic E-state index is 0.0548. The van der Waals surface area contributed by atoms with Crippen molar-refractivity contribution in [3.8, 4) is 0 Å². The van der Waals surface area contributed by atoms with Crippen LogP contribution in [-0.2, 0) is 4.79 Å². The molecule has 1 heterocycles. The van der Waals surface area contributed by atoms with E-state index in [1.54, 1.807) is 6.20 Å². The summed E-state index contributed by atoms with van der Waals surface area (Å²) in [6.07, 6.45) is 10.8. The summed E-state index contributed by atoms with van der Waals surface area (Å²) in [6, 6.07) is 3.65. The van der Waals surface area contributed by atoms with E-state index in [4.69, 9.17) is 0 Å². The first kappa shape index (κ1) is 16.2. The largest absolute Gasteiger partial charge is 0.311 e. The summed E-state index contributed by atoms with van der Waals surface area (Å²) in [4.78, 5) is 15.8. The summed E-state index contributed by atoms with van der Waals surface area (Å²) < 4.78 is 0.925. The van der Waals surface area contributed by atoms with Gasteiger partial charge in [0.15, 0.2) is 0 Å². The Morgan fingerprint density at radius 2 is 1.89 bits per heavy atom. The van der Waals surface area contributed by atoms with E-state index in [1.807, 2.05) is 12.1 Å². The Bertz CT molecular complexity index is 382. The van der Waals surface area contributed by atoms with Gasteiger partial charge in [-0.25, -0.2) is 4.98 Å². The van der Waals surface area contributed by atoms with Crippen molar-refractivity contribution in [3.05, 3.63) is 22.8 Å². The fourth-order valence-corrected chi connectivity index (χ4v) is 2.26. The first-order valence-electron chi connectivity index (χ1n) is 7.13. The summed E-state index contributed by atoms with van der Waals surface area (Å²) in [5.74, 6) is 0.668. The number of rotatable bonds is 9. The molecule has 0 bridgehead atoms. The molecule has 1 N–H and O–H groups in total. The van der Waals surface area contributed by atoms with Gasteiger partial charge < -0.3 is 5.32 Å². The van der Waals surface area contributed by atoms with Crippen LogP contribution in [0.4, 0.5) is 5.82 Å². The van der Waals surface area contributed by atoms with E-state index in [0.29, 0.717) is 12.2 Å². The van der Waals surface area contributed by atoms with Crippen LogP contribution in [0.1, 0.15) is 58.3 Å². The second kappa shape index (κ2) is 9.96. The lowest BCUT2D eigenvalue weighted by Crippen LogP contribution is -2.12. The number of carbonyl (C=O) groups excluding carboxylic acids is 1. The maximum absolute atomic E-state index is 11.7. The molecule has 1 amide bonds. The molecular formula is C15H23BrN2O. The topological polar surface area (TPSA) is 42.0 Å². The third-order valence-corrected chi connectivity index (χ3v) is 3.49. The van der Waals surface area contributed by atoms with Crippen molar-refractivity contribution in [2.45, 2.75) is 58.3 Å². The zero-order valence-corrected chi connectivity index (χ0v) is 13.2. The molecule has 19 heavy (non-hydrogen) atoms. The van der Waals surface area contributed by atoms with E-state index in [2.05, 4.69) is 33.2 Å². The van der Waals surface area contributed by atoms with Crippen LogP contribution in [0.5, 0.6) is 0 Å². The number of nitrogens with zero attached hydrogens (tertiary/aromatic N) is 1. The Balaban J connectivity index is 2.08. The quantitative estimate of drug-likeness (QED) is 0.654. The number of anilines is 1. The number of nitrogens with one attached hydrogen (secondary N) is 1. The maximum atomic E-state index is 11.7. The van der Waals surface area contributed by atoms with Crippen LogP contribution < -0.4 is 5.32 Å². The van der Waals surface area contributed by atoms with Crippen molar-refractivity contribution in [3.63, 3.8) is 0 Å². The third-order valence-electron chi connectivity index (χ3n) is 3.00. The molecule has 0 aromatic carbocycles. The number of unbranched alkanes of at least 4 members (excludes halogenated alkanes) is 6. The van der Waals surface area contributed by atoms with E-state index in [-0.39, 0.29) is 5.91 Å². The molecule has 0 unspecified atom stereocenters. The highest BCUT2D eigenvalue weighted by Crippen LogP contribution is 2.13. The Morgan fingerprint density at radius 1 is 1.21 bits per heavy atom. The summed E-state index contributed by atoms with van der Waals surface area (Å²) in [7, 11) is 0. The monoisotopic (exact) mass is 326 g/mol. The summed E-state index contributed by atoms with van der Waals surface area (Å²) in [5.41, 5.74) is 0. The average molecular weight is 327 g/mol. The normalized spacial score (nSPS) is 10.4. The molecule has 0 radical (unpaired) electrons. The maximum Gasteiger partial charge on any atom is 0.225 e. The van der Waals surface area contributed by atoms with Gasteiger partial charge >= 0.3 is 0 Å². The predicted molar refractivity (Wildman–Crippen MR) is 83.2 cm³/mol.